The standard InChI is InChI=1S/C43H29N3S/c1-4-10-29(11-5-1)37-27-38(30-12-6-2-7-13-30)45-42(44-37)32-19-16-28(17-20-32)34-22-24-36-35(26-34)21-18-31-23-25-39-41(40(31)36)46-43(47-39)33-14-8-3-9-15-33/h1-27,43,46H. The van der Waals surface area contributed by atoms with Gasteiger partial charge in [0.05, 0.1) is 17.1 Å². The molecule has 1 unspecified atom stereocenters. The number of thioether (sulfide) groups is 1. The summed E-state index contributed by atoms with van der Waals surface area (Å²) in [5, 5.41) is 9.08. The van der Waals surface area contributed by atoms with Gasteiger partial charge < -0.3 is 5.32 Å². The minimum Gasteiger partial charge on any atom is -0.368 e. The van der Waals surface area contributed by atoms with Gasteiger partial charge in [-0.05, 0) is 51.0 Å². The second-order valence-electron chi connectivity index (χ2n) is 11.9. The lowest BCUT2D eigenvalue weighted by Crippen LogP contribution is -2.01. The number of hydrogen-bond donors (Lipinski definition) is 1. The SMILES string of the molecule is c1ccc(-c2cc(-c3ccccc3)nc(-c3ccc(-c4ccc5c(ccc6ccc7c(c65)NC(c5ccccc5)S7)c4)cc3)n2)cc1. The molecular weight excluding hydrogens is 591 g/mol. The zero-order valence-corrected chi connectivity index (χ0v) is 26.3. The van der Waals surface area contributed by atoms with Gasteiger partial charge in [-0.2, -0.15) is 0 Å². The van der Waals surface area contributed by atoms with Crippen molar-refractivity contribution in [2.24, 2.45) is 0 Å². The number of nitrogens with zero attached hydrogens (tertiary/aromatic N) is 2. The highest BCUT2D eigenvalue weighted by molar-refractivity contribution is 8.00. The van der Waals surface area contributed by atoms with E-state index < -0.39 is 0 Å². The molecule has 1 aliphatic heterocycles. The molecular formula is C43H29N3S. The van der Waals surface area contributed by atoms with Gasteiger partial charge in [-0.15, -0.1) is 0 Å². The van der Waals surface area contributed by atoms with Crippen LogP contribution in [0.4, 0.5) is 5.69 Å². The van der Waals surface area contributed by atoms with Crippen molar-refractivity contribution in [1.82, 2.24) is 9.97 Å². The van der Waals surface area contributed by atoms with Crippen molar-refractivity contribution in [2.75, 3.05) is 5.32 Å². The Kier molecular flexibility index (Phi) is 6.80. The quantitative estimate of drug-likeness (QED) is 0.195. The third-order valence-corrected chi connectivity index (χ3v) is 10.1. The summed E-state index contributed by atoms with van der Waals surface area (Å²) in [6, 6.07) is 57.8. The molecule has 9 rings (SSSR count). The molecule has 0 spiro atoms. The monoisotopic (exact) mass is 619 g/mol. The van der Waals surface area contributed by atoms with Gasteiger partial charge in [0.2, 0.25) is 0 Å². The third-order valence-electron chi connectivity index (χ3n) is 8.93. The molecule has 0 radical (unpaired) electrons. The van der Waals surface area contributed by atoms with E-state index in [1.54, 1.807) is 0 Å². The summed E-state index contributed by atoms with van der Waals surface area (Å²) in [6.45, 7) is 0. The van der Waals surface area contributed by atoms with Crippen molar-refractivity contribution >= 4 is 39.0 Å². The minimum atomic E-state index is 0.214. The van der Waals surface area contributed by atoms with Crippen LogP contribution in [0.25, 0.3) is 66.6 Å². The number of fused-ring (bicyclic) bond motifs is 5. The van der Waals surface area contributed by atoms with Gasteiger partial charge >= 0.3 is 0 Å². The minimum absolute atomic E-state index is 0.214. The molecule has 0 amide bonds. The van der Waals surface area contributed by atoms with Crippen LogP contribution in [0, 0.1) is 0 Å². The molecule has 8 aromatic rings. The maximum absolute atomic E-state index is 5.01. The highest BCUT2D eigenvalue weighted by Gasteiger charge is 2.25. The second-order valence-corrected chi connectivity index (χ2v) is 13.0. The van der Waals surface area contributed by atoms with Crippen LogP contribution in [0.3, 0.4) is 0 Å². The van der Waals surface area contributed by atoms with E-state index in [1.165, 1.54) is 43.3 Å². The largest absolute Gasteiger partial charge is 0.368 e. The molecule has 0 bridgehead atoms. The van der Waals surface area contributed by atoms with E-state index in [4.69, 9.17) is 9.97 Å². The van der Waals surface area contributed by atoms with Crippen LogP contribution < -0.4 is 5.32 Å². The van der Waals surface area contributed by atoms with Crippen molar-refractivity contribution in [3.63, 3.8) is 0 Å². The number of hydrogen-bond acceptors (Lipinski definition) is 4. The van der Waals surface area contributed by atoms with Crippen LogP contribution in [-0.2, 0) is 0 Å². The first-order valence-electron chi connectivity index (χ1n) is 15.9. The smallest absolute Gasteiger partial charge is 0.160 e. The van der Waals surface area contributed by atoms with Crippen molar-refractivity contribution in [2.45, 2.75) is 10.3 Å². The van der Waals surface area contributed by atoms with E-state index in [0.717, 1.165) is 39.5 Å². The van der Waals surface area contributed by atoms with Gasteiger partial charge in [0, 0.05) is 27.0 Å². The molecule has 3 nitrogen and oxygen atoms in total. The highest BCUT2D eigenvalue weighted by atomic mass is 32.2. The Morgan fingerprint density at radius 2 is 1.04 bits per heavy atom. The number of anilines is 1. The van der Waals surface area contributed by atoms with Gasteiger partial charge in [0.15, 0.2) is 5.82 Å². The predicted molar refractivity (Wildman–Crippen MR) is 197 cm³/mol. The Morgan fingerprint density at radius 3 is 1.72 bits per heavy atom. The summed E-state index contributed by atoms with van der Waals surface area (Å²) in [5.74, 6) is 0.717. The number of nitrogens with one attached hydrogen (secondary N) is 1. The van der Waals surface area contributed by atoms with Crippen LogP contribution in [0.15, 0.2) is 169 Å². The van der Waals surface area contributed by atoms with Crippen LogP contribution >= 0.6 is 11.8 Å². The van der Waals surface area contributed by atoms with Gasteiger partial charge in [-0.25, -0.2) is 9.97 Å². The second kappa shape index (κ2) is 11.6. The van der Waals surface area contributed by atoms with E-state index in [-0.39, 0.29) is 5.37 Å². The topological polar surface area (TPSA) is 37.8 Å². The average molecular weight is 620 g/mol. The molecule has 47 heavy (non-hydrogen) atoms. The van der Waals surface area contributed by atoms with Gasteiger partial charge in [0.25, 0.3) is 0 Å². The molecule has 1 aromatic heterocycles. The Balaban J connectivity index is 1.07. The molecule has 4 heteroatoms. The molecule has 0 saturated heterocycles. The van der Waals surface area contributed by atoms with Crippen LogP contribution in [0.2, 0.25) is 0 Å². The lowest BCUT2D eigenvalue weighted by molar-refractivity contribution is 1.14. The predicted octanol–water partition coefficient (Wildman–Crippen LogP) is 11.7. The fraction of sp³-hybridized carbons (Fsp3) is 0.0233. The molecule has 1 N–H and O–H groups in total. The van der Waals surface area contributed by atoms with E-state index in [0.29, 0.717) is 0 Å². The molecule has 1 atom stereocenters. The Bertz CT molecular complexity index is 2330. The Morgan fingerprint density at radius 1 is 0.468 bits per heavy atom. The van der Waals surface area contributed by atoms with Crippen molar-refractivity contribution < 1.29 is 0 Å². The van der Waals surface area contributed by atoms with Crippen molar-refractivity contribution in [1.29, 1.82) is 0 Å². The zero-order valence-electron chi connectivity index (χ0n) is 25.5. The Hall–Kier alpha value is -5.71. The van der Waals surface area contributed by atoms with Crippen LogP contribution in [0.5, 0.6) is 0 Å². The molecule has 222 valence electrons. The fourth-order valence-corrected chi connectivity index (χ4v) is 7.68. The van der Waals surface area contributed by atoms with Gasteiger partial charge in [-0.1, -0.05) is 157 Å². The molecule has 2 heterocycles. The highest BCUT2D eigenvalue weighted by Crippen LogP contribution is 2.50. The van der Waals surface area contributed by atoms with E-state index in [2.05, 4.69) is 133 Å². The summed E-state index contributed by atoms with van der Waals surface area (Å²) < 4.78 is 0. The van der Waals surface area contributed by atoms with Crippen LogP contribution in [-0.4, -0.2) is 9.97 Å². The molecule has 0 fully saturated rings. The van der Waals surface area contributed by atoms with Crippen LogP contribution in [0.1, 0.15) is 10.9 Å². The van der Waals surface area contributed by atoms with E-state index in [1.807, 2.05) is 48.2 Å². The number of rotatable bonds is 5. The first kappa shape index (κ1) is 27.6. The van der Waals surface area contributed by atoms with Crippen molar-refractivity contribution in [3.05, 3.63) is 169 Å². The first-order chi connectivity index (χ1) is 23.3. The average Bonchev–Trinajstić information content (AvgIpc) is 3.60. The summed E-state index contributed by atoms with van der Waals surface area (Å²) in [6.07, 6.45) is 0. The first-order valence-corrected chi connectivity index (χ1v) is 16.7. The summed E-state index contributed by atoms with van der Waals surface area (Å²) >= 11 is 1.89. The molecule has 0 aliphatic carbocycles. The van der Waals surface area contributed by atoms with Gasteiger partial charge in [0.1, 0.15) is 5.37 Å². The lowest BCUT2D eigenvalue weighted by atomic mass is 9.96. The molecule has 1 aliphatic rings. The lowest BCUT2D eigenvalue weighted by Gasteiger charge is -2.13. The normalized spacial score (nSPS) is 13.8. The third kappa shape index (κ3) is 5.13. The maximum Gasteiger partial charge on any atom is 0.160 e. The zero-order chi connectivity index (χ0) is 31.2. The molecule has 7 aromatic carbocycles. The summed E-state index contributed by atoms with van der Waals surface area (Å²) in [7, 11) is 0. The van der Waals surface area contributed by atoms with Gasteiger partial charge in [-0.3, -0.25) is 0 Å². The summed E-state index contributed by atoms with van der Waals surface area (Å²) in [4.78, 5) is 11.3. The Labute approximate surface area is 278 Å². The van der Waals surface area contributed by atoms with E-state index >= 15 is 0 Å². The number of benzene rings is 7. The number of aromatic nitrogens is 2. The van der Waals surface area contributed by atoms with E-state index in [9.17, 15) is 0 Å². The fourth-order valence-electron chi connectivity index (χ4n) is 6.53. The van der Waals surface area contributed by atoms with Crippen molar-refractivity contribution in [3.8, 4) is 45.0 Å². The summed E-state index contributed by atoms with van der Waals surface area (Å²) in [5.41, 5.74) is 9.83. The molecule has 0 saturated carbocycles. The maximum atomic E-state index is 5.01.